The van der Waals surface area contributed by atoms with E-state index in [1.54, 1.807) is 6.07 Å². The van der Waals surface area contributed by atoms with E-state index >= 15 is 0 Å². The van der Waals surface area contributed by atoms with Crippen LogP contribution >= 0.6 is 0 Å². The molecule has 0 aliphatic carbocycles. The Kier molecular flexibility index (Phi) is 4.55. The van der Waals surface area contributed by atoms with E-state index in [1.165, 1.54) is 5.56 Å². The molecule has 0 fully saturated rings. The maximum atomic E-state index is 8.68. The molecule has 1 heterocycles. The van der Waals surface area contributed by atoms with Crippen LogP contribution in [0.25, 0.3) is 0 Å². The fourth-order valence-electron chi connectivity index (χ4n) is 1.89. The summed E-state index contributed by atoms with van der Waals surface area (Å²) in [6, 6.07) is 15.7. The normalized spacial score (nSPS) is 11.3. The molecule has 0 bridgehead atoms. The van der Waals surface area contributed by atoms with Gasteiger partial charge in [0.05, 0.1) is 0 Å². The van der Waals surface area contributed by atoms with Crippen LogP contribution in [0.5, 0.6) is 0 Å². The van der Waals surface area contributed by atoms with Crippen LogP contribution in [-0.2, 0) is 6.42 Å². The molecule has 104 valence electrons. The molecule has 5 heteroatoms. The molecule has 0 saturated heterocycles. The Balaban J connectivity index is 2.04. The van der Waals surface area contributed by atoms with Gasteiger partial charge in [0.1, 0.15) is 11.5 Å². The molecule has 0 saturated carbocycles. The van der Waals surface area contributed by atoms with Crippen molar-refractivity contribution in [1.29, 1.82) is 0 Å². The van der Waals surface area contributed by atoms with E-state index in [2.05, 4.69) is 22.3 Å². The zero-order valence-corrected chi connectivity index (χ0v) is 11.4. The van der Waals surface area contributed by atoms with Crippen LogP contribution in [0, 0.1) is 0 Å². The summed E-state index contributed by atoms with van der Waals surface area (Å²) in [5.41, 5.74) is 7.30. The lowest BCUT2D eigenvalue weighted by atomic mass is 10.1. The van der Waals surface area contributed by atoms with Gasteiger partial charge >= 0.3 is 0 Å². The van der Waals surface area contributed by atoms with Gasteiger partial charge < -0.3 is 15.8 Å². The van der Waals surface area contributed by atoms with Gasteiger partial charge in [0.2, 0.25) is 0 Å². The predicted molar refractivity (Wildman–Crippen MR) is 80.2 cm³/mol. The van der Waals surface area contributed by atoms with Crippen molar-refractivity contribution in [2.75, 3.05) is 18.5 Å². The van der Waals surface area contributed by atoms with Crippen molar-refractivity contribution in [3.8, 4) is 0 Å². The second-order valence-electron chi connectivity index (χ2n) is 4.52. The van der Waals surface area contributed by atoms with Gasteiger partial charge in [0.15, 0.2) is 5.84 Å². The number of hydrogen-bond acceptors (Lipinski definition) is 4. The van der Waals surface area contributed by atoms with Crippen LogP contribution in [0.4, 0.5) is 5.82 Å². The molecule has 1 aromatic carbocycles. The van der Waals surface area contributed by atoms with Crippen LogP contribution in [0.3, 0.4) is 0 Å². The van der Waals surface area contributed by atoms with Crippen LogP contribution in [0.15, 0.2) is 53.7 Å². The third-order valence-corrected chi connectivity index (χ3v) is 3.07. The molecule has 2 aromatic rings. The van der Waals surface area contributed by atoms with Gasteiger partial charge in [0.25, 0.3) is 0 Å². The van der Waals surface area contributed by atoms with Crippen molar-refractivity contribution in [3.05, 3.63) is 59.8 Å². The average Bonchev–Trinajstić information content (AvgIpc) is 2.53. The molecule has 20 heavy (non-hydrogen) atoms. The lowest BCUT2D eigenvalue weighted by Gasteiger charge is -2.18. The molecule has 0 amide bonds. The fourth-order valence-corrected chi connectivity index (χ4v) is 1.89. The number of nitrogens with zero attached hydrogens (tertiary/aromatic N) is 3. The molecule has 0 unspecified atom stereocenters. The van der Waals surface area contributed by atoms with Crippen molar-refractivity contribution in [2.45, 2.75) is 6.42 Å². The molecule has 2 rings (SSSR count). The zero-order valence-electron chi connectivity index (χ0n) is 11.4. The summed E-state index contributed by atoms with van der Waals surface area (Å²) >= 11 is 0. The van der Waals surface area contributed by atoms with Gasteiger partial charge in [-0.25, -0.2) is 4.98 Å². The predicted octanol–water partition coefficient (Wildman–Crippen LogP) is 1.85. The monoisotopic (exact) mass is 270 g/mol. The fraction of sp³-hybridized carbons (Fsp3) is 0.200. The van der Waals surface area contributed by atoms with E-state index in [-0.39, 0.29) is 5.84 Å². The number of anilines is 1. The van der Waals surface area contributed by atoms with Gasteiger partial charge in [-0.15, -0.1) is 0 Å². The highest BCUT2D eigenvalue weighted by atomic mass is 16.4. The number of aromatic nitrogens is 1. The number of amidine groups is 1. The Bertz CT molecular complexity index is 583. The highest BCUT2D eigenvalue weighted by Gasteiger charge is 2.06. The number of oxime groups is 1. The first-order valence-corrected chi connectivity index (χ1v) is 6.40. The summed E-state index contributed by atoms with van der Waals surface area (Å²) < 4.78 is 0. The van der Waals surface area contributed by atoms with E-state index in [0.717, 1.165) is 18.8 Å². The highest BCUT2D eigenvalue weighted by Crippen LogP contribution is 2.11. The van der Waals surface area contributed by atoms with Crippen molar-refractivity contribution < 1.29 is 5.21 Å². The molecule has 0 atom stereocenters. The largest absolute Gasteiger partial charge is 0.409 e. The van der Waals surface area contributed by atoms with Crippen molar-refractivity contribution in [2.24, 2.45) is 10.9 Å². The average molecular weight is 270 g/mol. The first kappa shape index (κ1) is 13.9. The summed E-state index contributed by atoms with van der Waals surface area (Å²) in [5, 5.41) is 11.6. The van der Waals surface area contributed by atoms with Gasteiger partial charge in [-0.3, -0.25) is 0 Å². The van der Waals surface area contributed by atoms with E-state index in [1.807, 2.05) is 42.3 Å². The number of nitrogens with two attached hydrogens (primary N) is 1. The van der Waals surface area contributed by atoms with Gasteiger partial charge in [-0.2, -0.15) is 0 Å². The SMILES string of the molecule is CN(CCc1ccccc1)c1cccc(C(N)=NO)n1. The Labute approximate surface area is 118 Å². The lowest BCUT2D eigenvalue weighted by molar-refractivity contribution is 0.318. The van der Waals surface area contributed by atoms with E-state index in [0.29, 0.717) is 5.69 Å². The Hall–Kier alpha value is -2.56. The molecule has 0 aliphatic heterocycles. The molecule has 0 radical (unpaired) electrons. The van der Waals surface area contributed by atoms with Crippen LogP contribution in [-0.4, -0.2) is 29.6 Å². The number of likely N-dealkylation sites (N-methyl/N-ethyl adjacent to an activating group) is 1. The Morgan fingerprint density at radius 3 is 2.65 bits per heavy atom. The Morgan fingerprint density at radius 2 is 1.95 bits per heavy atom. The Morgan fingerprint density at radius 1 is 1.20 bits per heavy atom. The molecule has 3 N–H and O–H groups in total. The van der Waals surface area contributed by atoms with Gasteiger partial charge in [0, 0.05) is 13.6 Å². The summed E-state index contributed by atoms with van der Waals surface area (Å²) in [6.07, 6.45) is 0.937. The maximum absolute atomic E-state index is 8.68. The highest BCUT2D eigenvalue weighted by molar-refractivity contribution is 5.95. The van der Waals surface area contributed by atoms with Crippen molar-refractivity contribution in [1.82, 2.24) is 4.98 Å². The van der Waals surface area contributed by atoms with Crippen LogP contribution < -0.4 is 10.6 Å². The third-order valence-electron chi connectivity index (χ3n) is 3.07. The molecular formula is C15H18N4O. The van der Waals surface area contributed by atoms with Crippen molar-refractivity contribution in [3.63, 3.8) is 0 Å². The zero-order chi connectivity index (χ0) is 14.4. The van der Waals surface area contributed by atoms with Crippen LogP contribution in [0.1, 0.15) is 11.3 Å². The quantitative estimate of drug-likeness (QED) is 0.376. The second-order valence-corrected chi connectivity index (χ2v) is 4.52. The minimum Gasteiger partial charge on any atom is -0.409 e. The third kappa shape index (κ3) is 3.47. The van der Waals surface area contributed by atoms with E-state index < -0.39 is 0 Å². The summed E-state index contributed by atoms with van der Waals surface area (Å²) in [6.45, 7) is 0.844. The molecular weight excluding hydrogens is 252 g/mol. The van der Waals surface area contributed by atoms with Gasteiger partial charge in [-0.1, -0.05) is 41.6 Å². The summed E-state index contributed by atoms with van der Waals surface area (Å²) in [5.74, 6) is 0.813. The van der Waals surface area contributed by atoms with E-state index in [9.17, 15) is 0 Å². The maximum Gasteiger partial charge on any atom is 0.188 e. The number of pyridine rings is 1. The second kappa shape index (κ2) is 6.56. The smallest absolute Gasteiger partial charge is 0.188 e. The molecule has 5 nitrogen and oxygen atoms in total. The number of hydrogen-bond donors (Lipinski definition) is 2. The first-order chi connectivity index (χ1) is 9.70. The minimum atomic E-state index is 0.0170. The number of benzene rings is 1. The summed E-state index contributed by atoms with van der Waals surface area (Å²) in [4.78, 5) is 6.41. The van der Waals surface area contributed by atoms with Crippen LogP contribution in [0.2, 0.25) is 0 Å². The molecule has 0 spiro atoms. The standard InChI is InChI=1S/C15H18N4O/c1-19(11-10-12-6-3-2-4-7-12)14-9-5-8-13(17-14)15(16)18-20/h2-9,20H,10-11H2,1H3,(H2,16,18). The van der Waals surface area contributed by atoms with E-state index in [4.69, 9.17) is 10.9 Å². The van der Waals surface area contributed by atoms with Gasteiger partial charge in [-0.05, 0) is 24.1 Å². The molecule has 0 aliphatic rings. The number of rotatable bonds is 5. The lowest BCUT2D eigenvalue weighted by Crippen LogP contribution is -2.23. The summed E-state index contributed by atoms with van der Waals surface area (Å²) in [7, 11) is 1.97. The minimum absolute atomic E-state index is 0.0170. The van der Waals surface area contributed by atoms with Crippen molar-refractivity contribution >= 4 is 11.7 Å². The topological polar surface area (TPSA) is 74.7 Å². The molecule has 1 aromatic heterocycles. The first-order valence-electron chi connectivity index (χ1n) is 6.40.